The molecule has 24 heavy (non-hydrogen) atoms. The monoisotopic (exact) mass is 331 g/mol. The molecule has 0 saturated carbocycles. The molecule has 1 fully saturated rings. The largest absolute Gasteiger partial charge is 0.476 e. The van der Waals surface area contributed by atoms with Crippen molar-refractivity contribution in [3.8, 4) is 0 Å². The number of fused-ring (bicyclic) bond motifs is 1. The number of likely N-dealkylation sites (tertiary alicyclic amines) is 1. The van der Waals surface area contributed by atoms with Crippen LogP contribution in [0.1, 0.15) is 54.9 Å². The van der Waals surface area contributed by atoms with Gasteiger partial charge in [-0.2, -0.15) is 5.10 Å². The number of hydrogen-bond acceptors (Lipinski definition) is 3. The van der Waals surface area contributed by atoms with Crippen molar-refractivity contribution in [1.82, 2.24) is 14.7 Å². The summed E-state index contributed by atoms with van der Waals surface area (Å²) >= 11 is 0. The van der Waals surface area contributed by atoms with Crippen LogP contribution in [0.3, 0.4) is 0 Å². The van der Waals surface area contributed by atoms with Gasteiger partial charge in [-0.25, -0.2) is 4.79 Å². The first-order chi connectivity index (χ1) is 11.5. The first kappa shape index (κ1) is 17.2. The minimum atomic E-state index is -0.909. The highest BCUT2D eigenvalue weighted by molar-refractivity contribution is 5.87. The van der Waals surface area contributed by atoms with E-state index in [-0.39, 0.29) is 5.69 Å². The molecule has 1 saturated heterocycles. The molecule has 1 aliphatic carbocycles. The van der Waals surface area contributed by atoms with Crippen LogP contribution in [-0.2, 0) is 19.4 Å². The van der Waals surface area contributed by atoms with E-state index in [1.807, 2.05) is 4.68 Å². The van der Waals surface area contributed by atoms with Crippen LogP contribution in [0.15, 0.2) is 12.7 Å². The second-order valence-electron chi connectivity index (χ2n) is 7.56. The Morgan fingerprint density at radius 3 is 2.67 bits per heavy atom. The van der Waals surface area contributed by atoms with Crippen molar-refractivity contribution >= 4 is 5.97 Å². The van der Waals surface area contributed by atoms with Crippen LogP contribution in [0.5, 0.6) is 0 Å². The fraction of sp³-hybridized carbons (Fsp3) is 0.684. The summed E-state index contributed by atoms with van der Waals surface area (Å²) < 4.78 is 1.83. The normalized spacial score (nSPS) is 22.5. The molecule has 132 valence electrons. The van der Waals surface area contributed by atoms with Gasteiger partial charge in [-0.3, -0.25) is 4.68 Å². The van der Waals surface area contributed by atoms with E-state index in [2.05, 4.69) is 30.4 Å². The molecule has 2 heterocycles. The minimum absolute atomic E-state index is 0.244. The summed E-state index contributed by atoms with van der Waals surface area (Å²) in [7, 11) is 0. The third kappa shape index (κ3) is 3.27. The molecule has 2 aliphatic rings. The molecule has 1 atom stereocenters. The van der Waals surface area contributed by atoms with Gasteiger partial charge in [0.2, 0.25) is 0 Å². The van der Waals surface area contributed by atoms with E-state index in [1.54, 1.807) is 6.08 Å². The Morgan fingerprint density at radius 1 is 1.38 bits per heavy atom. The van der Waals surface area contributed by atoms with E-state index >= 15 is 0 Å². The minimum Gasteiger partial charge on any atom is -0.476 e. The van der Waals surface area contributed by atoms with E-state index in [0.29, 0.717) is 12.6 Å². The molecular weight excluding hydrogens is 302 g/mol. The summed E-state index contributed by atoms with van der Waals surface area (Å²) in [5.41, 5.74) is 2.29. The van der Waals surface area contributed by atoms with Gasteiger partial charge in [0, 0.05) is 17.3 Å². The number of piperidine rings is 1. The molecule has 1 aromatic rings. The van der Waals surface area contributed by atoms with Crippen molar-refractivity contribution in [2.24, 2.45) is 11.8 Å². The number of aromatic nitrogens is 2. The van der Waals surface area contributed by atoms with E-state index in [0.717, 1.165) is 55.4 Å². The lowest BCUT2D eigenvalue weighted by molar-refractivity contribution is 0.0686. The number of allylic oxidation sites excluding steroid dienone is 1. The maximum Gasteiger partial charge on any atom is 0.356 e. The highest BCUT2D eigenvalue weighted by Crippen LogP contribution is 2.31. The molecule has 0 amide bonds. The molecule has 0 aromatic carbocycles. The lowest BCUT2D eigenvalue weighted by atomic mass is 9.84. The second kappa shape index (κ2) is 7.09. The van der Waals surface area contributed by atoms with Crippen molar-refractivity contribution in [3.63, 3.8) is 0 Å². The van der Waals surface area contributed by atoms with Gasteiger partial charge in [-0.05, 0) is 57.0 Å². The van der Waals surface area contributed by atoms with Crippen LogP contribution >= 0.6 is 0 Å². The van der Waals surface area contributed by atoms with Gasteiger partial charge in [0.25, 0.3) is 0 Å². The van der Waals surface area contributed by atoms with Crippen molar-refractivity contribution < 1.29 is 9.90 Å². The zero-order valence-corrected chi connectivity index (χ0v) is 14.9. The zero-order valence-electron chi connectivity index (χ0n) is 14.9. The Balaban J connectivity index is 1.74. The molecule has 5 heteroatoms. The van der Waals surface area contributed by atoms with Gasteiger partial charge in [0.1, 0.15) is 0 Å². The van der Waals surface area contributed by atoms with Gasteiger partial charge in [-0.15, -0.1) is 6.58 Å². The third-order valence-corrected chi connectivity index (χ3v) is 5.86. The predicted molar refractivity (Wildman–Crippen MR) is 94.3 cm³/mol. The van der Waals surface area contributed by atoms with Crippen LogP contribution in [0, 0.1) is 11.8 Å². The third-order valence-electron chi connectivity index (χ3n) is 5.86. The molecule has 5 nitrogen and oxygen atoms in total. The zero-order chi connectivity index (χ0) is 17.3. The van der Waals surface area contributed by atoms with Gasteiger partial charge in [-0.1, -0.05) is 19.9 Å². The highest BCUT2D eigenvalue weighted by Gasteiger charge is 2.33. The average Bonchev–Trinajstić information content (AvgIpc) is 2.93. The molecule has 1 aromatic heterocycles. The summed E-state index contributed by atoms with van der Waals surface area (Å²) in [5.74, 6) is 0.694. The van der Waals surface area contributed by atoms with E-state index < -0.39 is 5.97 Å². The molecule has 3 rings (SSSR count). The molecule has 0 bridgehead atoms. The summed E-state index contributed by atoms with van der Waals surface area (Å²) in [5, 5.41) is 13.8. The molecule has 0 unspecified atom stereocenters. The van der Waals surface area contributed by atoms with E-state index in [4.69, 9.17) is 0 Å². The smallest absolute Gasteiger partial charge is 0.356 e. The standard InChI is InChI=1S/C19H29N3O2/c1-4-9-22-17-6-5-15(12-16(17)18(20-22)19(23)24)21-10-7-14(8-11-21)13(2)3/h4,13-15H,1,5-12H2,2-3H3,(H,23,24)/t15-/m1/s1. The second-order valence-corrected chi connectivity index (χ2v) is 7.56. The van der Waals surface area contributed by atoms with Crippen molar-refractivity contribution in [1.29, 1.82) is 0 Å². The maximum absolute atomic E-state index is 11.6. The Kier molecular flexibility index (Phi) is 5.09. The number of carbonyl (C=O) groups is 1. The van der Waals surface area contributed by atoms with Crippen molar-refractivity contribution in [3.05, 3.63) is 29.6 Å². The number of nitrogens with zero attached hydrogens (tertiary/aromatic N) is 3. The Morgan fingerprint density at radius 2 is 2.08 bits per heavy atom. The van der Waals surface area contributed by atoms with E-state index in [1.165, 1.54) is 12.8 Å². The first-order valence-electron chi connectivity index (χ1n) is 9.18. The van der Waals surface area contributed by atoms with Crippen molar-refractivity contribution in [2.45, 2.75) is 58.5 Å². The van der Waals surface area contributed by atoms with Crippen molar-refractivity contribution in [2.75, 3.05) is 13.1 Å². The number of hydrogen-bond donors (Lipinski definition) is 1. The first-order valence-corrected chi connectivity index (χ1v) is 9.18. The quantitative estimate of drug-likeness (QED) is 0.843. The van der Waals surface area contributed by atoms with Gasteiger partial charge >= 0.3 is 5.97 Å². The molecule has 1 N–H and O–H groups in total. The summed E-state index contributed by atoms with van der Waals surface area (Å²) in [4.78, 5) is 14.2. The number of aromatic carboxylic acids is 1. The molecular formula is C19H29N3O2. The number of carboxylic acid groups (broad SMARTS) is 1. The van der Waals surface area contributed by atoms with Gasteiger partial charge in [0.05, 0.1) is 6.54 Å². The van der Waals surface area contributed by atoms with Crippen LogP contribution in [-0.4, -0.2) is 44.9 Å². The Labute approximate surface area is 144 Å². The van der Waals surface area contributed by atoms with Crippen LogP contribution < -0.4 is 0 Å². The maximum atomic E-state index is 11.6. The van der Waals surface area contributed by atoms with Gasteiger partial charge in [0.15, 0.2) is 5.69 Å². The molecule has 0 spiro atoms. The van der Waals surface area contributed by atoms with Crippen LogP contribution in [0.2, 0.25) is 0 Å². The van der Waals surface area contributed by atoms with Crippen LogP contribution in [0.4, 0.5) is 0 Å². The van der Waals surface area contributed by atoms with Gasteiger partial charge < -0.3 is 10.0 Å². The highest BCUT2D eigenvalue weighted by atomic mass is 16.4. The summed E-state index contributed by atoms with van der Waals surface area (Å²) in [6.45, 7) is 11.3. The molecule has 1 aliphatic heterocycles. The predicted octanol–water partition coefficient (Wildman–Crippen LogP) is 2.99. The van der Waals surface area contributed by atoms with Crippen LogP contribution in [0.25, 0.3) is 0 Å². The summed E-state index contributed by atoms with van der Waals surface area (Å²) in [6, 6.07) is 0.463. The lowest BCUT2D eigenvalue weighted by Gasteiger charge is -2.40. The topological polar surface area (TPSA) is 58.4 Å². The number of carboxylic acids is 1. The SMILES string of the molecule is C=CCn1nc(C(=O)O)c2c1CC[C@@H](N1CCC(C(C)C)CC1)C2. The molecule has 0 radical (unpaired) electrons. The fourth-order valence-electron chi connectivity index (χ4n) is 4.38. The lowest BCUT2D eigenvalue weighted by Crippen LogP contribution is -2.45. The Bertz CT molecular complexity index is 612. The number of rotatable bonds is 5. The summed E-state index contributed by atoms with van der Waals surface area (Å²) in [6.07, 6.45) is 7.15. The Hall–Kier alpha value is -1.62. The fourth-order valence-corrected chi connectivity index (χ4v) is 4.38. The average molecular weight is 331 g/mol. The van der Waals surface area contributed by atoms with E-state index in [9.17, 15) is 9.90 Å².